The summed E-state index contributed by atoms with van der Waals surface area (Å²) in [4.78, 5) is 0. The smallest absolute Gasteiger partial charge is 0.152 e. The van der Waals surface area contributed by atoms with Crippen molar-refractivity contribution in [1.82, 2.24) is 0 Å². The molecule has 0 amide bonds. The van der Waals surface area contributed by atoms with Gasteiger partial charge in [0.25, 0.3) is 0 Å². The van der Waals surface area contributed by atoms with Gasteiger partial charge in [-0.25, -0.2) is 4.39 Å². The van der Waals surface area contributed by atoms with Crippen molar-refractivity contribution in [2.45, 2.75) is 6.04 Å². The third-order valence-corrected chi connectivity index (χ3v) is 2.21. The molecule has 0 bridgehead atoms. The maximum atomic E-state index is 12.2. The van der Waals surface area contributed by atoms with Crippen LogP contribution >= 0.6 is 23.2 Å². The molecule has 0 aliphatic heterocycles. The summed E-state index contributed by atoms with van der Waals surface area (Å²) in [5.74, 6) is -0.210. The molecule has 5 heteroatoms. The number of aromatic hydroxyl groups is 1. The standard InChI is InChI=1S/C8H8Cl2FNO/c9-5-1-4(7(12)3-11)2-6(10)8(5)13/h1-2,7,13H,3,12H2/t7-/m0/s1. The number of alkyl halides is 1. The molecule has 0 aliphatic rings. The van der Waals surface area contributed by atoms with Crippen molar-refractivity contribution in [2.75, 3.05) is 6.67 Å². The molecule has 1 aromatic carbocycles. The number of nitrogens with two attached hydrogens (primary N) is 1. The van der Waals surface area contributed by atoms with Crippen molar-refractivity contribution in [3.05, 3.63) is 27.7 Å². The van der Waals surface area contributed by atoms with Gasteiger partial charge < -0.3 is 10.8 Å². The zero-order valence-electron chi connectivity index (χ0n) is 6.60. The maximum Gasteiger partial charge on any atom is 0.152 e. The summed E-state index contributed by atoms with van der Waals surface area (Å²) in [6.45, 7) is -0.697. The number of phenols is 1. The molecule has 1 atom stereocenters. The lowest BCUT2D eigenvalue weighted by Crippen LogP contribution is -2.11. The first-order valence-electron chi connectivity index (χ1n) is 3.55. The minimum Gasteiger partial charge on any atom is -0.505 e. The van der Waals surface area contributed by atoms with E-state index >= 15 is 0 Å². The van der Waals surface area contributed by atoms with Crippen LogP contribution in [-0.2, 0) is 0 Å². The molecule has 72 valence electrons. The Bertz CT molecular complexity index is 296. The average Bonchev–Trinajstić information content (AvgIpc) is 2.12. The largest absolute Gasteiger partial charge is 0.505 e. The highest BCUT2D eigenvalue weighted by Gasteiger charge is 2.11. The molecule has 13 heavy (non-hydrogen) atoms. The molecule has 0 aromatic heterocycles. The summed E-state index contributed by atoms with van der Waals surface area (Å²) in [7, 11) is 0. The van der Waals surface area contributed by atoms with Crippen LogP contribution in [0, 0.1) is 0 Å². The van der Waals surface area contributed by atoms with Crippen molar-refractivity contribution in [3.8, 4) is 5.75 Å². The number of phenolic OH excluding ortho intramolecular Hbond substituents is 1. The summed E-state index contributed by atoms with van der Waals surface area (Å²) in [6, 6.07) is 2.04. The molecule has 0 saturated heterocycles. The molecule has 2 nitrogen and oxygen atoms in total. The van der Waals surface area contributed by atoms with Gasteiger partial charge in [-0.2, -0.15) is 0 Å². The average molecular weight is 224 g/mol. The van der Waals surface area contributed by atoms with Gasteiger partial charge in [0.1, 0.15) is 6.67 Å². The fourth-order valence-corrected chi connectivity index (χ4v) is 1.39. The van der Waals surface area contributed by atoms with E-state index in [1.54, 1.807) is 0 Å². The van der Waals surface area contributed by atoms with Crippen LogP contribution in [-0.4, -0.2) is 11.8 Å². The molecular weight excluding hydrogens is 216 g/mol. The summed E-state index contributed by atoms with van der Waals surface area (Å²) >= 11 is 11.2. The Kier molecular flexibility index (Phi) is 3.36. The molecule has 0 fully saturated rings. The Balaban J connectivity index is 3.13. The SMILES string of the molecule is N[C@@H](CF)c1cc(Cl)c(O)c(Cl)c1. The first-order chi connectivity index (χ1) is 6.06. The van der Waals surface area contributed by atoms with Crippen molar-refractivity contribution in [1.29, 1.82) is 0 Å². The lowest BCUT2D eigenvalue weighted by atomic mass is 10.1. The molecule has 0 spiro atoms. The van der Waals surface area contributed by atoms with Gasteiger partial charge in [-0.1, -0.05) is 23.2 Å². The molecule has 0 heterocycles. The summed E-state index contributed by atoms with van der Waals surface area (Å²) in [5.41, 5.74) is 5.88. The number of benzene rings is 1. The molecular formula is C8H8Cl2FNO. The van der Waals surface area contributed by atoms with Gasteiger partial charge in [0.05, 0.1) is 16.1 Å². The van der Waals surface area contributed by atoms with Gasteiger partial charge in [-0.15, -0.1) is 0 Å². The van der Waals surface area contributed by atoms with Gasteiger partial charge in [-0.3, -0.25) is 0 Å². The topological polar surface area (TPSA) is 46.2 Å². The number of hydrogen-bond donors (Lipinski definition) is 2. The van der Waals surface area contributed by atoms with Gasteiger partial charge >= 0.3 is 0 Å². The van der Waals surface area contributed by atoms with E-state index < -0.39 is 12.7 Å². The van der Waals surface area contributed by atoms with E-state index in [1.807, 2.05) is 0 Å². The minimum absolute atomic E-state index is 0.0754. The van der Waals surface area contributed by atoms with E-state index in [9.17, 15) is 9.50 Å². The van der Waals surface area contributed by atoms with Crippen LogP contribution in [0.15, 0.2) is 12.1 Å². The maximum absolute atomic E-state index is 12.2. The molecule has 0 unspecified atom stereocenters. The third kappa shape index (κ3) is 2.24. The van der Waals surface area contributed by atoms with Crippen LogP contribution in [0.3, 0.4) is 0 Å². The highest BCUT2D eigenvalue weighted by Crippen LogP contribution is 2.34. The highest BCUT2D eigenvalue weighted by molar-refractivity contribution is 6.37. The molecule has 3 N–H and O–H groups in total. The van der Waals surface area contributed by atoms with Crippen molar-refractivity contribution in [2.24, 2.45) is 5.73 Å². The summed E-state index contributed by atoms with van der Waals surface area (Å²) in [6.07, 6.45) is 0. The summed E-state index contributed by atoms with van der Waals surface area (Å²) < 4.78 is 12.2. The second-order valence-corrected chi connectivity index (χ2v) is 3.41. The molecule has 1 rings (SSSR count). The third-order valence-electron chi connectivity index (χ3n) is 1.63. The number of hydrogen-bond acceptors (Lipinski definition) is 2. The molecule has 1 aromatic rings. The van der Waals surface area contributed by atoms with Gasteiger partial charge in [0.15, 0.2) is 5.75 Å². The quantitative estimate of drug-likeness (QED) is 0.811. The monoisotopic (exact) mass is 223 g/mol. The zero-order valence-corrected chi connectivity index (χ0v) is 8.11. The van der Waals surface area contributed by atoms with Crippen LogP contribution < -0.4 is 5.73 Å². The van der Waals surface area contributed by atoms with Crippen molar-refractivity contribution in [3.63, 3.8) is 0 Å². The highest BCUT2D eigenvalue weighted by atomic mass is 35.5. The number of halogens is 3. The van der Waals surface area contributed by atoms with Crippen molar-refractivity contribution < 1.29 is 9.50 Å². The fourth-order valence-electron chi connectivity index (χ4n) is 0.888. The van der Waals surface area contributed by atoms with Crippen LogP contribution in [0.1, 0.15) is 11.6 Å². The Morgan fingerprint density at radius 1 is 1.38 bits per heavy atom. The normalized spacial score (nSPS) is 12.9. The van der Waals surface area contributed by atoms with E-state index in [0.717, 1.165) is 0 Å². The lowest BCUT2D eigenvalue weighted by molar-refractivity contribution is 0.436. The van der Waals surface area contributed by atoms with Crippen molar-refractivity contribution >= 4 is 23.2 Å². The van der Waals surface area contributed by atoms with E-state index in [0.29, 0.717) is 5.56 Å². The molecule has 0 radical (unpaired) electrons. The fraction of sp³-hybridized carbons (Fsp3) is 0.250. The Labute approximate surface area is 85.1 Å². The summed E-state index contributed by atoms with van der Waals surface area (Å²) in [5, 5.41) is 9.34. The zero-order chi connectivity index (χ0) is 10.0. The predicted octanol–water partition coefficient (Wildman–Crippen LogP) is 2.67. The van der Waals surface area contributed by atoms with E-state index in [-0.39, 0.29) is 15.8 Å². The van der Waals surface area contributed by atoms with Gasteiger partial charge in [0, 0.05) is 0 Å². The van der Waals surface area contributed by atoms with Crippen LogP contribution in [0.2, 0.25) is 10.0 Å². The Morgan fingerprint density at radius 2 is 1.85 bits per heavy atom. The van der Waals surface area contributed by atoms with E-state index in [2.05, 4.69) is 0 Å². The van der Waals surface area contributed by atoms with Gasteiger partial charge in [0.2, 0.25) is 0 Å². The minimum atomic E-state index is -0.754. The Hall–Kier alpha value is -0.510. The van der Waals surface area contributed by atoms with Crippen LogP contribution in [0.5, 0.6) is 5.75 Å². The van der Waals surface area contributed by atoms with Crippen LogP contribution in [0.25, 0.3) is 0 Å². The van der Waals surface area contributed by atoms with E-state index in [4.69, 9.17) is 28.9 Å². The van der Waals surface area contributed by atoms with Crippen LogP contribution in [0.4, 0.5) is 4.39 Å². The lowest BCUT2D eigenvalue weighted by Gasteiger charge is -2.09. The molecule has 0 saturated carbocycles. The predicted molar refractivity (Wildman–Crippen MR) is 51.0 cm³/mol. The van der Waals surface area contributed by atoms with E-state index in [1.165, 1.54) is 12.1 Å². The second kappa shape index (κ2) is 4.13. The molecule has 0 aliphatic carbocycles. The number of rotatable bonds is 2. The first-order valence-corrected chi connectivity index (χ1v) is 4.31. The first kappa shape index (κ1) is 10.6. The second-order valence-electron chi connectivity index (χ2n) is 2.59. The van der Waals surface area contributed by atoms with Gasteiger partial charge in [-0.05, 0) is 17.7 Å². The Morgan fingerprint density at radius 3 is 2.23 bits per heavy atom.